The Hall–Kier alpha value is -0.160. The lowest BCUT2D eigenvalue weighted by Gasteiger charge is -2.45. The molecular formula is C14H30N2O2. The second kappa shape index (κ2) is 7.43. The normalized spacial score (nSPS) is 30.7. The van der Waals surface area contributed by atoms with E-state index in [-0.39, 0.29) is 17.7 Å². The molecule has 3 N–H and O–H groups in total. The van der Waals surface area contributed by atoms with Gasteiger partial charge in [-0.3, -0.25) is 11.3 Å². The van der Waals surface area contributed by atoms with Crippen molar-refractivity contribution in [2.24, 2.45) is 11.8 Å². The van der Waals surface area contributed by atoms with E-state index >= 15 is 0 Å². The molecule has 1 rings (SSSR count). The molecule has 0 amide bonds. The van der Waals surface area contributed by atoms with Crippen molar-refractivity contribution >= 4 is 0 Å². The lowest BCUT2D eigenvalue weighted by molar-refractivity contribution is -0.118. The second-order valence-electron chi connectivity index (χ2n) is 5.80. The molecule has 4 nitrogen and oxygen atoms in total. The number of ether oxygens (including phenoxy) is 2. The molecule has 0 saturated heterocycles. The SMILES string of the molecule is CCOC1(C(COC(C)C)NN)CCCC(C)C1. The van der Waals surface area contributed by atoms with Gasteiger partial charge in [-0.25, -0.2) is 0 Å². The summed E-state index contributed by atoms with van der Waals surface area (Å²) in [4.78, 5) is 0. The summed E-state index contributed by atoms with van der Waals surface area (Å²) in [5.74, 6) is 6.44. The molecule has 0 aromatic carbocycles. The average molecular weight is 258 g/mol. The van der Waals surface area contributed by atoms with Gasteiger partial charge >= 0.3 is 0 Å². The summed E-state index contributed by atoms with van der Waals surface area (Å²) < 4.78 is 11.8. The van der Waals surface area contributed by atoms with Crippen molar-refractivity contribution in [1.82, 2.24) is 5.43 Å². The van der Waals surface area contributed by atoms with Gasteiger partial charge < -0.3 is 9.47 Å². The van der Waals surface area contributed by atoms with Crippen molar-refractivity contribution in [2.45, 2.75) is 71.1 Å². The van der Waals surface area contributed by atoms with Crippen molar-refractivity contribution in [3.05, 3.63) is 0 Å². The van der Waals surface area contributed by atoms with Crippen LogP contribution in [0.1, 0.15) is 53.4 Å². The van der Waals surface area contributed by atoms with E-state index in [1.807, 2.05) is 13.8 Å². The quantitative estimate of drug-likeness (QED) is 0.543. The Labute approximate surface area is 112 Å². The maximum atomic E-state index is 6.10. The Morgan fingerprint density at radius 2 is 2.17 bits per heavy atom. The Kier molecular flexibility index (Phi) is 6.57. The monoisotopic (exact) mass is 258 g/mol. The summed E-state index contributed by atoms with van der Waals surface area (Å²) in [6.07, 6.45) is 4.86. The molecular weight excluding hydrogens is 228 g/mol. The molecule has 18 heavy (non-hydrogen) atoms. The molecule has 1 aliphatic carbocycles. The van der Waals surface area contributed by atoms with Crippen molar-refractivity contribution in [3.8, 4) is 0 Å². The van der Waals surface area contributed by atoms with Gasteiger partial charge in [-0.15, -0.1) is 0 Å². The van der Waals surface area contributed by atoms with Crippen LogP contribution in [0.15, 0.2) is 0 Å². The number of hydrogen-bond donors (Lipinski definition) is 2. The Balaban J connectivity index is 2.72. The minimum absolute atomic E-state index is 0.0719. The second-order valence-corrected chi connectivity index (χ2v) is 5.80. The van der Waals surface area contributed by atoms with Gasteiger partial charge in [0.1, 0.15) is 0 Å². The molecule has 3 atom stereocenters. The molecule has 4 heteroatoms. The van der Waals surface area contributed by atoms with Gasteiger partial charge in [0.05, 0.1) is 24.4 Å². The van der Waals surface area contributed by atoms with Gasteiger partial charge in [0.25, 0.3) is 0 Å². The van der Waals surface area contributed by atoms with E-state index in [0.29, 0.717) is 12.5 Å². The van der Waals surface area contributed by atoms with Crippen LogP contribution in [0.5, 0.6) is 0 Å². The Morgan fingerprint density at radius 1 is 1.44 bits per heavy atom. The summed E-state index contributed by atoms with van der Waals surface area (Å²) in [5, 5.41) is 0. The molecule has 0 radical (unpaired) electrons. The Morgan fingerprint density at radius 3 is 2.67 bits per heavy atom. The first kappa shape index (κ1) is 15.9. The van der Waals surface area contributed by atoms with Gasteiger partial charge in [0.15, 0.2) is 0 Å². The fourth-order valence-corrected chi connectivity index (χ4v) is 3.02. The third-order valence-corrected chi connectivity index (χ3v) is 3.86. The minimum Gasteiger partial charge on any atom is -0.377 e. The van der Waals surface area contributed by atoms with E-state index in [1.165, 1.54) is 12.8 Å². The van der Waals surface area contributed by atoms with Crippen LogP contribution in [-0.2, 0) is 9.47 Å². The highest BCUT2D eigenvalue weighted by Crippen LogP contribution is 2.37. The van der Waals surface area contributed by atoms with Crippen molar-refractivity contribution in [3.63, 3.8) is 0 Å². The molecule has 0 aromatic heterocycles. The molecule has 1 aliphatic rings. The molecule has 0 aliphatic heterocycles. The molecule has 1 saturated carbocycles. The first-order valence-electron chi connectivity index (χ1n) is 7.25. The molecule has 1 fully saturated rings. The average Bonchev–Trinajstić information content (AvgIpc) is 2.29. The smallest absolute Gasteiger partial charge is 0.0873 e. The first-order valence-corrected chi connectivity index (χ1v) is 7.25. The fourth-order valence-electron chi connectivity index (χ4n) is 3.02. The van der Waals surface area contributed by atoms with Crippen LogP contribution in [0.2, 0.25) is 0 Å². The third-order valence-electron chi connectivity index (χ3n) is 3.86. The summed E-state index contributed by atoms with van der Waals surface area (Å²) in [5.41, 5.74) is 2.77. The topological polar surface area (TPSA) is 56.5 Å². The Bertz CT molecular complexity index is 232. The van der Waals surface area contributed by atoms with Gasteiger partial charge in [-0.2, -0.15) is 0 Å². The molecule has 0 heterocycles. The number of nitrogens with two attached hydrogens (primary N) is 1. The van der Waals surface area contributed by atoms with Crippen LogP contribution in [0.25, 0.3) is 0 Å². The minimum atomic E-state index is -0.157. The van der Waals surface area contributed by atoms with Crippen LogP contribution in [0, 0.1) is 5.92 Å². The van der Waals surface area contributed by atoms with E-state index < -0.39 is 0 Å². The van der Waals surface area contributed by atoms with Crippen molar-refractivity contribution in [2.75, 3.05) is 13.2 Å². The standard InChI is InChI=1S/C14H30N2O2/c1-5-18-14(8-6-7-12(4)9-14)13(16-15)10-17-11(2)3/h11-13,16H,5-10,15H2,1-4H3. The predicted molar refractivity (Wildman–Crippen MR) is 74.2 cm³/mol. The van der Waals surface area contributed by atoms with Gasteiger partial charge in [0.2, 0.25) is 0 Å². The molecule has 108 valence electrons. The van der Waals surface area contributed by atoms with Crippen molar-refractivity contribution < 1.29 is 9.47 Å². The van der Waals surface area contributed by atoms with E-state index in [0.717, 1.165) is 19.4 Å². The zero-order valence-corrected chi connectivity index (χ0v) is 12.4. The lowest BCUT2D eigenvalue weighted by Crippen LogP contribution is -2.59. The van der Waals surface area contributed by atoms with Crippen LogP contribution in [0.3, 0.4) is 0 Å². The highest BCUT2D eigenvalue weighted by atomic mass is 16.5. The first-order chi connectivity index (χ1) is 8.54. The largest absolute Gasteiger partial charge is 0.377 e. The molecule has 0 aromatic rings. The highest BCUT2D eigenvalue weighted by Gasteiger charge is 2.42. The summed E-state index contributed by atoms with van der Waals surface area (Å²) in [6, 6.07) is 0.0719. The van der Waals surface area contributed by atoms with Gasteiger partial charge in [-0.1, -0.05) is 19.8 Å². The van der Waals surface area contributed by atoms with Crippen LogP contribution >= 0.6 is 0 Å². The number of hydrogen-bond acceptors (Lipinski definition) is 4. The van der Waals surface area contributed by atoms with Gasteiger partial charge in [-0.05, 0) is 39.5 Å². The summed E-state index contributed by atoms with van der Waals surface area (Å²) in [7, 11) is 0. The van der Waals surface area contributed by atoms with E-state index in [4.69, 9.17) is 15.3 Å². The third kappa shape index (κ3) is 4.19. The van der Waals surface area contributed by atoms with Crippen LogP contribution in [-0.4, -0.2) is 31.0 Å². The maximum Gasteiger partial charge on any atom is 0.0873 e. The molecule has 0 bridgehead atoms. The van der Waals surface area contributed by atoms with Crippen LogP contribution in [0.4, 0.5) is 0 Å². The van der Waals surface area contributed by atoms with Crippen molar-refractivity contribution in [1.29, 1.82) is 0 Å². The zero-order chi connectivity index (χ0) is 13.6. The molecule has 0 spiro atoms. The van der Waals surface area contributed by atoms with Gasteiger partial charge in [0, 0.05) is 6.61 Å². The van der Waals surface area contributed by atoms with Crippen LogP contribution < -0.4 is 11.3 Å². The summed E-state index contributed by atoms with van der Waals surface area (Å²) >= 11 is 0. The summed E-state index contributed by atoms with van der Waals surface area (Å²) in [6.45, 7) is 9.78. The fraction of sp³-hybridized carbons (Fsp3) is 1.00. The van der Waals surface area contributed by atoms with E-state index in [2.05, 4.69) is 19.3 Å². The predicted octanol–water partition coefficient (Wildman–Crippen LogP) is 2.23. The highest BCUT2D eigenvalue weighted by molar-refractivity contribution is 4.96. The number of rotatable bonds is 7. The van der Waals surface area contributed by atoms with E-state index in [9.17, 15) is 0 Å². The lowest BCUT2D eigenvalue weighted by atomic mass is 9.74. The molecule has 3 unspecified atom stereocenters. The maximum absolute atomic E-state index is 6.10. The number of nitrogens with one attached hydrogen (secondary N) is 1. The number of hydrazine groups is 1. The zero-order valence-electron chi connectivity index (χ0n) is 12.4. The van der Waals surface area contributed by atoms with E-state index in [1.54, 1.807) is 0 Å².